The zero-order chi connectivity index (χ0) is 12.2. The molecule has 1 aromatic rings. The maximum atomic E-state index is 10.3. The summed E-state index contributed by atoms with van der Waals surface area (Å²) < 4.78 is 0. The van der Waals surface area contributed by atoms with Crippen LogP contribution >= 0.6 is 11.6 Å². The van der Waals surface area contributed by atoms with Crippen LogP contribution in [0.5, 0.6) is 0 Å². The van der Waals surface area contributed by atoms with Gasteiger partial charge in [-0.25, -0.2) is 0 Å². The lowest BCUT2D eigenvalue weighted by molar-refractivity contribution is 0.0457. The monoisotopic (exact) mass is 240 g/mol. The van der Waals surface area contributed by atoms with Gasteiger partial charge >= 0.3 is 0 Å². The van der Waals surface area contributed by atoms with Gasteiger partial charge in [0, 0.05) is 11.4 Å². The summed E-state index contributed by atoms with van der Waals surface area (Å²) in [6.45, 7) is 6.26. The Morgan fingerprint density at radius 1 is 1.25 bits per heavy atom. The van der Waals surface area contributed by atoms with Gasteiger partial charge < -0.3 is 5.11 Å². The highest BCUT2D eigenvalue weighted by Crippen LogP contribution is 2.22. The largest absolute Gasteiger partial charge is 0.390 e. The molecular formula is C14H21ClO. The van der Waals surface area contributed by atoms with Crippen LogP contribution in [0.3, 0.4) is 0 Å². The van der Waals surface area contributed by atoms with Crippen LogP contribution in [0, 0.1) is 5.92 Å². The smallest absolute Gasteiger partial charge is 0.0660 e. The second-order valence-corrected chi connectivity index (χ2v) is 5.67. The molecule has 0 aromatic heterocycles. The van der Waals surface area contributed by atoms with Crippen LogP contribution in [0.25, 0.3) is 0 Å². The van der Waals surface area contributed by atoms with Gasteiger partial charge in [0.1, 0.15) is 0 Å². The van der Waals surface area contributed by atoms with Crippen LogP contribution in [-0.4, -0.2) is 10.7 Å². The van der Waals surface area contributed by atoms with E-state index >= 15 is 0 Å². The van der Waals surface area contributed by atoms with Gasteiger partial charge in [0.15, 0.2) is 0 Å². The number of halogens is 1. The van der Waals surface area contributed by atoms with Crippen LogP contribution in [0.2, 0.25) is 5.02 Å². The van der Waals surface area contributed by atoms with E-state index in [-0.39, 0.29) is 0 Å². The van der Waals surface area contributed by atoms with Crippen molar-refractivity contribution in [3.8, 4) is 0 Å². The van der Waals surface area contributed by atoms with Gasteiger partial charge in [-0.2, -0.15) is 0 Å². The second-order valence-electron chi connectivity index (χ2n) is 5.23. The van der Waals surface area contributed by atoms with Gasteiger partial charge in [-0.15, -0.1) is 0 Å². The molecule has 1 N–H and O–H groups in total. The van der Waals surface area contributed by atoms with Crippen LogP contribution in [-0.2, 0) is 6.42 Å². The van der Waals surface area contributed by atoms with Crippen molar-refractivity contribution in [1.82, 2.24) is 0 Å². The highest BCUT2D eigenvalue weighted by atomic mass is 35.5. The van der Waals surface area contributed by atoms with E-state index in [9.17, 15) is 5.11 Å². The minimum absolute atomic E-state index is 0.613. The van der Waals surface area contributed by atoms with Crippen molar-refractivity contribution in [1.29, 1.82) is 0 Å². The molecule has 0 aliphatic carbocycles. The van der Waals surface area contributed by atoms with Crippen LogP contribution in [0.4, 0.5) is 0 Å². The summed E-state index contributed by atoms with van der Waals surface area (Å²) in [7, 11) is 0. The molecule has 1 rings (SSSR count). The Hall–Kier alpha value is -0.530. The van der Waals surface area contributed by atoms with E-state index in [1.54, 1.807) is 0 Å². The zero-order valence-corrected chi connectivity index (χ0v) is 11.1. The molecule has 0 saturated heterocycles. The van der Waals surface area contributed by atoms with E-state index in [4.69, 9.17) is 11.6 Å². The van der Waals surface area contributed by atoms with Crippen molar-refractivity contribution in [2.45, 2.75) is 45.6 Å². The lowest BCUT2D eigenvalue weighted by atomic mass is 9.89. The molecule has 16 heavy (non-hydrogen) atoms. The SMILES string of the molecule is CC(C)CCC(C)(O)Cc1ccc(Cl)cc1. The molecule has 0 bridgehead atoms. The number of rotatable bonds is 5. The standard InChI is InChI=1S/C14H21ClO/c1-11(2)8-9-14(3,16)10-12-4-6-13(15)7-5-12/h4-7,11,16H,8-10H2,1-3H3. The van der Waals surface area contributed by atoms with E-state index < -0.39 is 5.60 Å². The molecule has 2 heteroatoms. The van der Waals surface area contributed by atoms with E-state index in [1.165, 1.54) is 0 Å². The molecule has 1 aromatic carbocycles. The fraction of sp³-hybridized carbons (Fsp3) is 0.571. The van der Waals surface area contributed by atoms with Gasteiger partial charge in [-0.1, -0.05) is 37.6 Å². The molecule has 90 valence electrons. The Balaban J connectivity index is 2.54. The van der Waals surface area contributed by atoms with E-state index in [0.29, 0.717) is 12.3 Å². The topological polar surface area (TPSA) is 20.2 Å². The highest BCUT2D eigenvalue weighted by Gasteiger charge is 2.20. The fourth-order valence-electron chi connectivity index (χ4n) is 1.73. The van der Waals surface area contributed by atoms with Crippen molar-refractivity contribution >= 4 is 11.6 Å². The summed E-state index contributed by atoms with van der Waals surface area (Å²) in [6, 6.07) is 7.70. The third-order valence-electron chi connectivity index (χ3n) is 2.76. The Morgan fingerprint density at radius 3 is 2.31 bits per heavy atom. The van der Waals surface area contributed by atoms with Gasteiger partial charge in [0.2, 0.25) is 0 Å². The predicted molar refractivity (Wildman–Crippen MR) is 69.9 cm³/mol. The maximum Gasteiger partial charge on any atom is 0.0660 e. The normalized spacial score (nSPS) is 15.1. The van der Waals surface area contributed by atoms with Crippen LogP contribution in [0.1, 0.15) is 39.2 Å². The molecule has 1 nitrogen and oxygen atoms in total. The van der Waals surface area contributed by atoms with Gasteiger partial charge in [0.25, 0.3) is 0 Å². The average Bonchev–Trinajstić information content (AvgIpc) is 2.19. The van der Waals surface area contributed by atoms with Crippen molar-refractivity contribution in [3.63, 3.8) is 0 Å². The van der Waals surface area contributed by atoms with Gasteiger partial charge in [0.05, 0.1) is 5.60 Å². The number of aliphatic hydroxyl groups is 1. The first-order valence-corrected chi connectivity index (χ1v) is 6.24. The molecule has 1 atom stereocenters. The highest BCUT2D eigenvalue weighted by molar-refractivity contribution is 6.30. The summed E-state index contributed by atoms with van der Waals surface area (Å²) in [5, 5.41) is 11.0. The molecule has 0 aliphatic heterocycles. The van der Waals surface area contributed by atoms with Crippen LogP contribution in [0.15, 0.2) is 24.3 Å². The first-order valence-electron chi connectivity index (χ1n) is 5.86. The molecule has 0 spiro atoms. The molecule has 0 saturated carbocycles. The van der Waals surface area contributed by atoms with Crippen molar-refractivity contribution in [3.05, 3.63) is 34.9 Å². The third-order valence-corrected chi connectivity index (χ3v) is 3.01. The number of hydrogen-bond acceptors (Lipinski definition) is 1. The molecule has 0 fully saturated rings. The van der Waals surface area contributed by atoms with Crippen LogP contribution < -0.4 is 0 Å². The molecule has 0 heterocycles. The quantitative estimate of drug-likeness (QED) is 0.823. The Labute approximate surface area is 103 Å². The summed E-state index contributed by atoms with van der Waals surface area (Å²) in [6.07, 6.45) is 2.59. The Bertz CT molecular complexity index is 314. The molecule has 0 aliphatic rings. The number of benzene rings is 1. The van der Waals surface area contributed by atoms with Crippen molar-refractivity contribution in [2.75, 3.05) is 0 Å². The molecule has 0 radical (unpaired) electrons. The third kappa shape index (κ3) is 5.00. The van der Waals surface area contributed by atoms with Gasteiger partial charge in [-0.3, -0.25) is 0 Å². The summed E-state index contributed by atoms with van der Waals surface area (Å²) in [5.41, 5.74) is 0.524. The minimum Gasteiger partial charge on any atom is -0.390 e. The molecule has 1 unspecified atom stereocenters. The Kier molecular flexibility index (Phi) is 4.82. The Morgan fingerprint density at radius 2 is 1.81 bits per heavy atom. The zero-order valence-electron chi connectivity index (χ0n) is 10.3. The minimum atomic E-state index is -0.613. The first-order chi connectivity index (χ1) is 7.39. The van der Waals surface area contributed by atoms with Gasteiger partial charge in [-0.05, 0) is 43.4 Å². The first kappa shape index (κ1) is 13.5. The summed E-state index contributed by atoms with van der Waals surface area (Å²) in [5.74, 6) is 0.636. The average molecular weight is 241 g/mol. The van der Waals surface area contributed by atoms with E-state index in [2.05, 4.69) is 13.8 Å². The second kappa shape index (κ2) is 5.70. The van der Waals surface area contributed by atoms with Crippen molar-refractivity contribution < 1.29 is 5.11 Å². The van der Waals surface area contributed by atoms with Crippen molar-refractivity contribution in [2.24, 2.45) is 5.92 Å². The van der Waals surface area contributed by atoms with E-state index in [0.717, 1.165) is 23.4 Å². The molecular weight excluding hydrogens is 220 g/mol. The lowest BCUT2D eigenvalue weighted by Crippen LogP contribution is -2.27. The molecule has 0 amide bonds. The fourth-order valence-corrected chi connectivity index (χ4v) is 1.86. The maximum absolute atomic E-state index is 10.3. The number of hydrogen-bond donors (Lipinski definition) is 1. The lowest BCUT2D eigenvalue weighted by Gasteiger charge is -2.24. The summed E-state index contributed by atoms with van der Waals surface area (Å²) >= 11 is 5.82. The predicted octanol–water partition coefficient (Wildman–Crippen LogP) is 4.07. The van der Waals surface area contributed by atoms with E-state index in [1.807, 2.05) is 31.2 Å². The summed E-state index contributed by atoms with van der Waals surface area (Å²) in [4.78, 5) is 0.